The molecule has 2 aromatic rings. The third kappa shape index (κ3) is 2.63. The van der Waals surface area contributed by atoms with E-state index in [1.54, 1.807) is 12.1 Å². The maximum absolute atomic E-state index is 12.0. The Morgan fingerprint density at radius 1 is 1.12 bits per heavy atom. The van der Waals surface area contributed by atoms with Gasteiger partial charge in [0.2, 0.25) is 0 Å². The summed E-state index contributed by atoms with van der Waals surface area (Å²) in [6.45, 7) is 0. The van der Waals surface area contributed by atoms with Crippen molar-refractivity contribution in [1.29, 1.82) is 0 Å². The number of halogens is 4. The molecule has 0 atom stereocenters. The summed E-state index contributed by atoms with van der Waals surface area (Å²) in [6, 6.07) is 7.31. The van der Waals surface area contributed by atoms with E-state index in [-0.39, 0.29) is 5.75 Å². The average molecular weight is 292 g/mol. The van der Waals surface area contributed by atoms with Gasteiger partial charge in [0.25, 0.3) is 0 Å². The summed E-state index contributed by atoms with van der Waals surface area (Å²) in [5.41, 5.74) is 0.601. The molecule has 0 fully saturated rings. The van der Waals surface area contributed by atoms with Crippen LogP contribution in [0.15, 0.2) is 34.9 Å². The van der Waals surface area contributed by atoms with Crippen LogP contribution in [-0.4, -0.2) is 11.3 Å². The van der Waals surface area contributed by atoms with E-state index in [0.717, 1.165) is 0 Å². The fourth-order valence-electron chi connectivity index (χ4n) is 1.28. The van der Waals surface area contributed by atoms with Crippen LogP contribution >= 0.6 is 15.9 Å². The zero-order valence-electron chi connectivity index (χ0n) is 7.75. The van der Waals surface area contributed by atoms with E-state index in [0.29, 0.717) is 15.5 Å². The first-order valence-electron chi connectivity index (χ1n) is 4.26. The minimum atomic E-state index is -4.67. The SMILES string of the molecule is FC(F)(F)Oc1ccc2nc(Br)ccc2c1. The summed E-state index contributed by atoms with van der Waals surface area (Å²) < 4.78 is 40.3. The Kier molecular flexibility index (Phi) is 2.75. The molecule has 0 saturated carbocycles. The van der Waals surface area contributed by atoms with Crippen LogP contribution in [0, 0.1) is 0 Å². The second kappa shape index (κ2) is 3.93. The summed E-state index contributed by atoms with van der Waals surface area (Å²) in [6.07, 6.45) is -4.67. The molecule has 2 rings (SSSR count). The second-order valence-electron chi connectivity index (χ2n) is 3.04. The molecule has 16 heavy (non-hydrogen) atoms. The van der Waals surface area contributed by atoms with E-state index in [1.807, 2.05) is 0 Å². The average Bonchev–Trinajstić information content (AvgIpc) is 2.16. The fourth-order valence-corrected chi connectivity index (χ4v) is 1.60. The van der Waals surface area contributed by atoms with Crippen LogP contribution in [-0.2, 0) is 0 Å². The number of pyridine rings is 1. The molecule has 1 aromatic carbocycles. The molecule has 0 N–H and O–H groups in total. The molecule has 2 nitrogen and oxygen atoms in total. The highest BCUT2D eigenvalue weighted by Crippen LogP contribution is 2.26. The summed E-state index contributed by atoms with van der Waals surface area (Å²) in [5.74, 6) is -0.246. The Bertz CT molecular complexity index is 527. The van der Waals surface area contributed by atoms with Gasteiger partial charge >= 0.3 is 6.36 Å². The molecule has 0 aliphatic carbocycles. The maximum Gasteiger partial charge on any atom is 0.573 e. The number of fused-ring (bicyclic) bond motifs is 1. The molecule has 0 aliphatic heterocycles. The van der Waals surface area contributed by atoms with Gasteiger partial charge in [-0.2, -0.15) is 0 Å². The Labute approximate surface area is 97.2 Å². The van der Waals surface area contributed by atoms with Crippen molar-refractivity contribution in [1.82, 2.24) is 4.98 Å². The van der Waals surface area contributed by atoms with Crippen LogP contribution in [0.1, 0.15) is 0 Å². The van der Waals surface area contributed by atoms with Gasteiger partial charge in [-0.05, 0) is 46.3 Å². The Morgan fingerprint density at radius 3 is 2.56 bits per heavy atom. The van der Waals surface area contributed by atoms with Crippen molar-refractivity contribution in [3.8, 4) is 5.75 Å². The monoisotopic (exact) mass is 291 g/mol. The highest BCUT2D eigenvalue weighted by atomic mass is 79.9. The molecule has 1 aromatic heterocycles. The smallest absolute Gasteiger partial charge is 0.406 e. The largest absolute Gasteiger partial charge is 0.573 e. The number of nitrogens with zero attached hydrogens (tertiary/aromatic N) is 1. The number of hydrogen-bond acceptors (Lipinski definition) is 2. The number of ether oxygens (including phenoxy) is 1. The molecule has 0 aliphatic rings. The lowest BCUT2D eigenvalue weighted by atomic mass is 10.2. The minimum Gasteiger partial charge on any atom is -0.406 e. The highest BCUT2D eigenvalue weighted by molar-refractivity contribution is 9.10. The predicted octanol–water partition coefficient (Wildman–Crippen LogP) is 3.90. The fraction of sp³-hybridized carbons (Fsp3) is 0.100. The van der Waals surface area contributed by atoms with Crippen molar-refractivity contribution in [2.75, 3.05) is 0 Å². The van der Waals surface area contributed by atoms with E-state index in [9.17, 15) is 13.2 Å². The molecule has 0 unspecified atom stereocenters. The second-order valence-corrected chi connectivity index (χ2v) is 3.85. The third-order valence-electron chi connectivity index (χ3n) is 1.86. The molecule has 1 heterocycles. The lowest BCUT2D eigenvalue weighted by Crippen LogP contribution is -2.16. The lowest BCUT2D eigenvalue weighted by Gasteiger charge is -2.09. The molecular weight excluding hydrogens is 287 g/mol. The molecule has 0 amide bonds. The minimum absolute atomic E-state index is 0.246. The molecule has 84 valence electrons. The van der Waals surface area contributed by atoms with Crippen LogP contribution in [0.25, 0.3) is 10.9 Å². The van der Waals surface area contributed by atoms with Crippen LogP contribution in [0.2, 0.25) is 0 Å². The van der Waals surface area contributed by atoms with Crippen molar-refractivity contribution in [2.45, 2.75) is 6.36 Å². The molecule has 0 saturated heterocycles. The third-order valence-corrected chi connectivity index (χ3v) is 2.30. The Balaban J connectivity index is 2.41. The molecule has 6 heteroatoms. The van der Waals surface area contributed by atoms with Crippen LogP contribution in [0.5, 0.6) is 5.75 Å². The van der Waals surface area contributed by atoms with Crippen molar-refractivity contribution in [3.63, 3.8) is 0 Å². The van der Waals surface area contributed by atoms with E-state index in [1.165, 1.54) is 18.2 Å². The van der Waals surface area contributed by atoms with Gasteiger partial charge in [0, 0.05) is 5.39 Å². The molecule has 0 bridgehead atoms. The summed E-state index contributed by atoms with van der Waals surface area (Å²) in [4.78, 5) is 4.09. The van der Waals surface area contributed by atoms with E-state index < -0.39 is 6.36 Å². The Hall–Kier alpha value is -1.30. The summed E-state index contributed by atoms with van der Waals surface area (Å²) in [7, 11) is 0. The zero-order chi connectivity index (χ0) is 11.8. The first-order valence-corrected chi connectivity index (χ1v) is 5.05. The van der Waals surface area contributed by atoms with Gasteiger partial charge in [-0.1, -0.05) is 0 Å². The van der Waals surface area contributed by atoms with E-state index >= 15 is 0 Å². The Morgan fingerprint density at radius 2 is 1.88 bits per heavy atom. The van der Waals surface area contributed by atoms with Crippen LogP contribution < -0.4 is 4.74 Å². The topological polar surface area (TPSA) is 22.1 Å². The van der Waals surface area contributed by atoms with Crippen LogP contribution in [0.3, 0.4) is 0 Å². The number of aromatic nitrogens is 1. The first kappa shape index (κ1) is 11.2. The van der Waals surface area contributed by atoms with Crippen LogP contribution in [0.4, 0.5) is 13.2 Å². The molecule has 0 spiro atoms. The first-order chi connectivity index (χ1) is 7.44. The van der Waals surface area contributed by atoms with Gasteiger partial charge in [0.1, 0.15) is 10.4 Å². The standard InChI is InChI=1S/C10H5BrF3NO/c11-9-4-1-6-5-7(16-10(12,13)14)2-3-8(6)15-9/h1-5H. The van der Waals surface area contributed by atoms with Gasteiger partial charge in [-0.25, -0.2) is 4.98 Å². The van der Waals surface area contributed by atoms with Gasteiger partial charge in [-0.15, -0.1) is 13.2 Å². The van der Waals surface area contributed by atoms with Gasteiger partial charge < -0.3 is 4.74 Å². The van der Waals surface area contributed by atoms with Gasteiger partial charge in [-0.3, -0.25) is 0 Å². The van der Waals surface area contributed by atoms with Crippen molar-refractivity contribution in [2.24, 2.45) is 0 Å². The van der Waals surface area contributed by atoms with Crippen molar-refractivity contribution >= 4 is 26.8 Å². The van der Waals surface area contributed by atoms with Gasteiger partial charge in [0.05, 0.1) is 5.52 Å². The van der Waals surface area contributed by atoms with Crippen molar-refractivity contribution < 1.29 is 17.9 Å². The number of benzene rings is 1. The zero-order valence-corrected chi connectivity index (χ0v) is 9.34. The van der Waals surface area contributed by atoms with Crippen molar-refractivity contribution in [3.05, 3.63) is 34.9 Å². The number of rotatable bonds is 1. The maximum atomic E-state index is 12.0. The summed E-state index contributed by atoms with van der Waals surface area (Å²) >= 11 is 3.18. The van der Waals surface area contributed by atoms with E-state index in [4.69, 9.17) is 0 Å². The molecule has 0 radical (unpaired) electrons. The highest BCUT2D eigenvalue weighted by Gasteiger charge is 2.31. The quantitative estimate of drug-likeness (QED) is 0.744. The number of hydrogen-bond donors (Lipinski definition) is 0. The number of alkyl halides is 3. The molecular formula is C10H5BrF3NO. The van der Waals surface area contributed by atoms with E-state index in [2.05, 4.69) is 25.7 Å². The lowest BCUT2D eigenvalue weighted by molar-refractivity contribution is -0.274. The normalized spacial score (nSPS) is 11.8. The van der Waals surface area contributed by atoms with Gasteiger partial charge in [0.15, 0.2) is 0 Å². The summed E-state index contributed by atoms with van der Waals surface area (Å²) in [5, 5.41) is 0.588. The predicted molar refractivity (Wildman–Crippen MR) is 56.1 cm³/mol.